The molecule has 16 heavy (non-hydrogen) atoms. The Hall–Kier alpha value is -1.61. The van der Waals surface area contributed by atoms with E-state index in [2.05, 4.69) is 12.1 Å². The summed E-state index contributed by atoms with van der Waals surface area (Å²) in [6.07, 6.45) is 0. The van der Waals surface area contributed by atoms with Crippen LogP contribution in [0.4, 0.5) is 5.69 Å². The number of nitrogen functional groups attached to an aromatic ring is 1. The molecular formula is C13H13NOS. The number of hydrogen-bond acceptors (Lipinski definition) is 3. The normalized spacial score (nSPS) is 10.0. The fraction of sp³-hybridized carbons (Fsp3) is 0.0769. The Morgan fingerprint density at radius 2 is 1.62 bits per heavy atom. The highest BCUT2D eigenvalue weighted by Gasteiger charge is 1.96. The predicted octanol–water partition coefficient (Wildman–Crippen LogP) is 3.50. The standard InChI is InChI=1S/C13H13NOS/c14-12-6-8-13(9-7-12)15-16-10-11-4-2-1-3-5-11/h1-9H,10,14H2. The van der Waals surface area contributed by atoms with Crippen molar-refractivity contribution < 1.29 is 4.18 Å². The van der Waals surface area contributed by atoms with Crippen LogP contribution in [0.3, 0.4) is 0 Å². The molecule has 0 bridgehead atoms. The molecule has 2 aromatic carbocycles. The second-order valence-electron chi connectivity index (χ2n) is 3.40. The first-order chi connectivity index (χ1) is 7.84. The van der Waals surface area contributed by atoms with Crippen molar-refractivity contribution in [1.29, 1.82) is 0 Å². The Bertz CT molecular complexity index is 427. The van der Waals surface area contributed by atoms with Gasteiger partial charge in [0.2, 0.25) is 0 Å². The second-order valence-corrected chi connectivity index (χ2v) is 4.09. The van der Waals surface area contributed by atoms with E-state index < -0.39 is 0 Å². The quantitative estimate of drug-likeness (QED) is 0.646. The molecule has 0 aliphatic rings. The lowest BCUT2D eigenvalue weighted by Crippen LogP contribution is -1.86. The molecule has 0 unspecified atom stereocenters. The first-order valence-electron chi connectivity index (χ1n) is 5.03. The summed E-state index contributed by atoms with van der Waals surface area (Å²) < 4.78 is 5.53. The van der Waals surface area contributed by atoms with Crippen LogP contribution in [0.5, 0.6) is 5.75 Å². The van der Waals surface area contributed by atoms with Crippen molar-refractivity contribution in [2.75, 3.05) is 5.73 Å². The third-order valence-electron chi connectivity index (χ3n) is 2.10. The van der Waals surface area contributed by atoms with Crippen LogP contribution in [-0.2, 0) is 5.75 Å². The van der Waals surface area contributed by atoms with Crippen LogP contribution in [0.1, 0.15) is 5.56 Å². The third-order valence-corrected chi connectivity index (χ3v) is 2.87. The zero-order valence-electron chi connectivity index (χ0n) is 8.80. The second kappa shape index (κ2) is 5.47. The molecule has 0 radical (unpaired) electrons. The minimum atomic E-state index is 0.750. The minimum Gasteiger partial charge on any atom is -0.425 e. The van der Waals surface area contributed by atoms with E-state index in [0.717, 1.165) is 17.2 Å². The molecule has 2 N–H and O–H groups in total. The van der Waals surface area contributed by atoms with Gasteiger partial charge in [-0.1, -0.05) is 30.3 Å². The summed E-state index contributed by atoms with van der Waals surface area (Å²) in [6.45, 7) is 0. The average Bonchev–Trinajstić information content (AvgIpc) is 2.33. The van der Waals surface area contributed by atoms with Crippen LogP contribution in [-0.4, -0.2) is 0 Å². The zero-order chi connectivity index (χ0) is 11.2. The van der Waals surface area contributed by atoms with Gasteiger partial charge < -0.3 is 9.92 Å². The summed E-state index contributed by atoms with van der Waals surface area (Å²) in [4.78, 5) is 0. The lowest BCUT2D eigenvalue weighted by Gasteiger charge is -2.04. The number of benzene rings is 2. The van der Waals surface area contributed by atoms with E-state index >= 15 is 0 Å². The first kappa shape index (κ1) is 10.9. The molecular weight excluding hydrogens is 218 g/mol. The maximum absolute atomic E-state index is 5.58. The van der Waals surface area contributed by atoms with Crippen molar-refractivity contribution in [2.45, 2.75) is 5.75 Å². The Morgan fingerprint density at radius 3 is 2.31 bits per heavy atom. The lowest BCUT2D eigenvalue weighted by atomic mass is 10.2. The monoisotopic (exact) mass is 231 g/mol. The minimum absolute atomic E-state index is 0.750. The van der Waals surface area contributed by atoms with Gasteiger partial charge in [-0.15, -0.1) is 0 Å². The van der Waals surface area contributed by atoms with Crippen molar-refractivity contribution in [3.8, 4) is 5.75 Å². The summed E-state index contributed by atoms with van der Waals surface area (Å²) in [7, 11) is 0. The summed E-state index contributed by atoms with van der Waals surface area (Å²) in [5.74, 6) is 1.67. The van der Waals surface area contributed by atoms with E-state index in [9.17, 15) is 0 Å². The van der Waals surface area contributed by atoms with Gasteiger partial charge >= 0.3 is 0 Å². The summed E-state index contributed by atoms with van der Waals surface area (Å²) in [5.41, 5.74) is 7.59. The van der Waals surface area contributed by atoms with Gasteiger partial charge in [0, 0.05) is 5.69 Å². The van der Waals surface area contributed by atoms with Gasteiger partial charge in [-0.25, -0.2) is 0 Å². The number of nitrogens with two attached hydrogens (primary N) is 1. The van der Waals surface area contributed by atoms with Crippen molar-refractivity contribution in [3.05, 3.63) is 60.2 Å². The molecule has 0 fully saturated rings. The smallest absolute Gasteiger partial charge is 0.137 e. The SMILES string of the molecule is Nc1ccc(OSCc2ccccc2)cc1. The van der Waals surface area contributed by atoms with Gasteiger partial charge in [0.1, 0.15) is 5.75 Å². The van der Waals surface area contributed by atoms with Gasteiger partial charge in [-0.3, -0.25) is 0 Å². The molecule has 3 heteroatoms. The lowest BCUT2D eigenvalue weighted by molar-refractivity contribution is 0.646. The summed E-state index contributed by atoms with van der Waals surface area (Å²) >= 11 is 1.42. The van der Waals surface area contributed by atoms with Crippen LogP contribution in [0.2, 0.25) is 0 Å². The zero-order valence-corrected chi connectivity index (χ0v) is 9.61. The molecule has 82 valence electrons. The molecule has 2 rings (SSSR count). The molecule has 0 spiro atoms. The molecule has 2 nitrogen and oxygen atoms in total. The van der Waals surface area contributed by atoms with E-state index in [1.807, 2.05) is 42.5 Å². The van der Waals surface area contributed by atoms with Gasteiger partial charge in [-0.2, -0.15) is 0 Å². The molecule has 0 atom stereocenters. The molecule has 0 aromatic heterocycles. The number of rotatable bonds is 4. The van der Waals surface area contributed by atoms with Crippen LogP contribution in [0.25, 0.3) is 0 Å². The van der Waals surface area contributed by atoms with Crippen LogP contribution >= 0.6 is 12.0 Å². The van der Waals surface area contributed by atoms with Crippen molar-refractivity contribution in [3.63, 3.8) is 0 Å². The van der Waals surface area contributed by atoms with Gasteiger partial charge in [0.25, 0.3) is 0 Å². The van der Waals surface area contributed by atoms with Crippen LogP contribution in [0, 0.1) is 0 Å². The van der Waals surface area contributed by atoms with Gasteiger partial charge in [0.15, 0.2) is 0 Å². The average molecular weight is 231 g/mol. The number of hydrogen-bond donors (Lipinski definition) is 1. The van der Waals surface area contributed by atoms with E-state index in [1.165, 1.54) is 17.6 Å². The fourth-order valence-electron chi connectivity index (χ4n) is 1.26. The predicted molar refractivity (Wildman–Crippen MR) is 69.2 cm³/mol. The Balaban J connectivity index is 1.82. The molecule has 0 aliphatic carbocycles. The van der Waals surface area contributed by atoms with E-state index in [4.69, 9.17) is 9.92 Å². The highest BCUT2D eigenvalue weighted by molar-refractivity contribution is 7.94. The first-order valence-corrected chi connectivity index (χ1v) is 5.94. The maximum atomic E-state index is 5.58. The van der Waals surface area contributed by atoms with Crippen LogP contribution < -0.4 is 9.92 Å². The highest BCUT2D eigenvalue weighted by Crippen LogP contribution is 2.20. The molecule has 0 aliphatic heterocycles. The number of anilines is 1. The molecule has 0 heterocycles. The summed E-state index contributed by atoms with van der Waals surface area (Å²) in [6, 6.07) is 17.6. The van der Waals surface area contributed by atoms with Crippen molar-refractivity contribution >= 4 is 17.7 Å². The highest BCUT2D eigenvalue weighted by atomic mass is 32.2. The van der Waals surface area contributed by atoms with E-state index in [-0.39, 0.29) is 0 Å². The fourth-order valence-corrected chi connectivity index (χ4v) is 1.90. The molecule has 0 amide bonds. The molecule has 2 aromatic rings. The topological polar surface area (TPSA) is 35.2 Å². The van der Waals surface area contributed by atoms with Crippen LogP contribution in [0.15, 0.2) is 54.6 Å². The summed E-state index contributed by atoms with van der Waals surface area (Å²) in [5, 5.41) is 0. The Labute approximate surface area is 99.6 Å². The van der Waals surface area contributed by atoms with E-state index in [0.29, 0.717) is 0 Å². The van der Waals surface area contributed by atoms with Gasteiger partial charge in [0.05, 0.1) is 17.8 Å². The maximum Gasteiger partial charge on any atom is 0.137 e. The Kier molecular flexibility index (Phi) is 3.72. The molecule has 0 saturated carbocycles. The van der Waals surface area contributed by atoms with Crippen molar-refractivity contribution in [1.82, 2.24) is 0 Å². The van der Waals surface area contributed by atoms with Gasteiger partial charge in [-0.05, 0) is 29.8 Å². The third kappa shape index (κ3) is 3.21. The van der Waals surface area contributed by atoms with E-state index in [1.54, 1.807) is 0 Å². The Morgan fingerprint density at radius 1 is 0.938 bits per heavy atom. The largest absolute Gasteiger partial charge is 0.425 e. The molecule has 0 saturated heterocycles. The van der Waals surface area contributed by atoms with Crippen molar-refractivity contribution in [2.24, 2.45) is 0 Å².